The maximum absolute atomic E-state index is 12.3. The first-order chi connectivity index (χ1) is 9.13. The van der Waals surface area contributed by atoms with Gasteiger partial charge in [0.2, 0.25) is 0 Å². The van der Waals surface area contributed by atoms with E-state index in [-0.39, 0.29) is 17.2 Å². The number of aromatic amines is 1. The van der Waals surface area contributed by atoms with Gasteiger partial charge in [0.05, 0.1) is 7.11 Å². The van der Waals surface area contributed by atoms with E-state index in [1.54, 1.807) is 0 Å². The smallest absolute Gasteiger partial charge is 0.328 e. The fourth-order valence-electron chi connectivity index (χ4n) is 2.17. The number of ether oxygens (including phenoxy) is 1. The highest BCUT2D eigenvalue weighted by Gasteiger charge is 2.33. The van der Waals surface area contributed by atoms with Gasteiger partial charge in [-0.25, -0.2) is 9.89 Å². The molecule has 1 aliphatic heterocycles. The number of H-pyrrole nitrogens is 1. The summed E-state index contributed by atoms with van der Waals surface area (Å²) in [6.07, 6.45) is 2.30. The van der Waals surface area contributed by atoms with Crippen LogP contribution in [0.1, 0.15) is 29.8 Å². The van der Waals surface area contributed by atoms with Crippen LogP contribution in [0.15, 0.2) is 16.9 Å². The Morgan fingerprint density at radius 2 is 2.21 bits per heavy atom. The Kier molecular flexibility index (Phi) is 3.94. The molecule has 1 aliphatic rings. The number of esters is 1. The van der Waals surface area contributed by atoms with Crippen molar-refractivity contribution in [3.05, 3.63) is 28.2 Å². The molecule has 0 unspecified atom stereocenters. The molecule has 0 aromatic carbocycles. The molecule has 2 heterocycles. The lowest BCUT2D eigenvalue weighted by Gasteiger charge is -2.33. The maximum atomic E-state index is 12.3. The zero-order valence-corrected chi connectivity index (χ0v) is 10.6. The average Bonchev–Trinajstić information content (AvgIpc) is 2.46. The first-order valence-corrected chi connectivity index (χ1v) is 6.08. The molecule has 1 amide bonds. The molecule has 0 radical (unpaired) electrons. The number of hydrogen-bond acceptors (Lipinski definition) is 5. The number of amides is 1. The summed E-state index contributed by atoms with van der Waals surface area (Å²) in [6.45, 7) is 0.486. The molecule has 1 aromatic heterocycles. The standard InChI is InChI=1S/C12H15N3O4/c1-19-12(18)9-4-2-3-7-15(9)11(17)8-5-6-10(16)14-13-8/h5-6,9H,2-4,7H2,1H3,(H,14,16)/t9-/m1/s1. The summed E-state index contributed by atoms with van der Waals surface area (Å²) in [6, 6.07) is 2.02. The number of likely N-dealkylation sites (tertiary alicyclic amines) is 1. The van der Waals surface area contributed by atoms with E-state index >= 15 is 0 Å². The fourth-order valence-corrected chi connectivity index (χ4v) is 2.17. The predicted molar refractivity (Wildman–Crippen MR) is 65.5 cm³/mol. The lowest BCUT2D eigenvalue weighted by atomic mass is 10.0. The second-order valence-electron chi connectivity index (χ2n) is 4.34. The molecule has 0 saturated carbocycles. The van der Waals surface area contributed by atoms with Crippen molar-refractivity contribution < 1.29 is 14.3 Å². The van der Waals surface area contributed by atoms with Gasteiger partial charge in [0.1, 0.15) is 11.7 Å². The van der Waals surface area contributed by atoms with Gasteiger partial charge in [0.25, 0.3) is 11.5 Å². The molecule has 1 N–H and O–H groups in total. The zero-order chi connectivity index (χ0) is 13.8. The van der Waals surface area contributed by atoms with Crippen LogP contribution in [-0.4, -0.2) is 46.7 Å². The van der Waals surface area contributed by atoms with Gasteiger partial charge in [0, 0.05) is 12.6 Å². The van der Waals surface area contributed by atoms with Crippen molar-refractivity contribution in [2.24, 2.45) is 0 Å². The molecule has 1 fully saturated rings. The van der Waals surface area contributed by atoms with Crippen molar-refractivity contribution >= 4 is 11.9 Å². The molecular weight excluding hydrogens is 250 g/mol. The third-order valence-electron chi connectivity index (χ3n) is 3.14. The van der Waals surface area contributed by atoms with E-state index in [1.807, 2.05) is 0 Å². The predicted octanol–water partition coefficient (Wildman–Crippen LogP) is -0.0624. The highest BCUT2D eigenvalue weighted by Crippen LogP contribution is 2.19. The Bertz CT molecular complexity index is 520. The van der Waals surface area contributed by atoms with Gasteiger partial charge in [-0.1, -0.05) is 0 Å². The van der Waals surface area contributed by atoms with Crippen LogP contribution in [0.3, 0.4) is 0 Å². The molecule has 1 aromatic rings. The van der Waals surface area contributed by atoms with E-state index < -0.39 is 12.0 Å². The Labute approximate surface area is 109 Å². The minimum atomic E-state index is -0.569. The number of carbonyl (C=O) groups excluding carboxylic acids is 2. The van der Waals surface area contributed by atoms with Crippen LogP contribution < -0.4 is 5.56 Å². The van der Waals surface area contributed by atoms with E-state index in [9.17, 15) is 14.4 Å². The third kappa shape index (κ3) is 2.81. The lowest BCUT2D eigenvalue weighted by molar-refractivity contribution is -0.147. The normalized spacial score (nSPS) is 19.0. The van der Waals surface area contributed by atoms with Crippen LogP contribution in [-0.2, 0) is 9.53 Å². The monoisotopic (exact) mass is 265 g/mol. The SMILES string of the molecule is COC(=O)[C@H]1CCCCN1C(=O)c1ccc(=O)[nH]n1. The first-order valence-electron chi connectivity index (χ1n) is 6.08. The number of carbonyl (C=O) groups is 2. The molecule has 1 saturated heterocycles. The van der Waals surface area contributed by atoms with Gasteiger partial charge >= 0.3 is 5.97 Å². The van der Waals surface area contributed by atoms with Gasteiger partial charge < -0.3 is 9.64 Å². The van der Waals surface area contributed by atoms with Gasteiger partial charge in [0.15, 0.2) is 0 Å². The summed E-state index contributed by atoms with van der Waals surface area (Å²) < 4.78 is 4.71. The highest BCUT2D eigenvalue weighted by atomic mass is 16.5. The largest absolute Gasteiger partial charge is 0.467 e. The topological polar surface area (TPSA) is 92.4 Å². The van der Waals surface area contributed by atoms with E-state index in [0.29, 0.717) is 13.0 Å². The van der Waals surface area contributed by atoms with Crippen molar-refractivity contribution in [2.45, 2.75) is 25.3 Å². The second kappa shape index (κ2) is 5.64. The van der Waals surface area contributed by atoms with Crippen LogP contribution >= 0.6 is 0 Å². The van der Waals surface area contributed by atoms with Gasteiger partial charge in [-0.3, -0.25) is 9.59 Å². The summed E-state index contributed by atoms with van der Waals surface area (Å²) in [5, 5.41) is 5.90. The Morgan fingerprint density at radius 1 is 1.42 bits per heavy atom. The number of hydrogen-bond donors (Lipinski definition) is 1. The number of nitrogens with zero attached hydrogens (tertiary/aromatic N) is 2. The Balaban J connectivity index is 2.22. The van der Waals surface area contributed by atoms with Crippen LogP contribution in [0.4, 0.5) is 0 Å². The molecule has 1 atom stereocenters. The molecule has 0 aliphatic carbocycles. The van der Waals surface area contributed by atoms with Gasteiger partial charge in [-0.15, -0.1) is 0 Å². The zero-order valence-electron chi connectivity index (χ0n) is 10.6. The number of methoxy groups -OCH3 is 1. The molecule has 7 nitrogen and oxygen atoms in total. The van der Waals surface area contributed by atoms with Crippen LogP contribution in [0.5, 0.6) is 0 Å². The number of aromatic nitrogens is 2. The summed E-state index contributed by atoms with van der Waals surface area (Å²) in [5.74, 6) is -0.788. The molecule has 102 valence electrons. The second-order valence-corrected chi connectivity index (χ2v) is 4.34. The summed E-state index contributed by atoms with van der Waals surface area (Å²) in [4.78, 5) is 36.3. The van der Waals surface area contributed by atoms with E-state index in [1.165, 1.54) is 24.1 Å². The van der Waals surface area contributed by atoms with Gasteiger partial charge in [-0.05, 0) is 25.3 Å². The Hall–Kier alpha value is -2.18. The molecular formula is C12H15N3O4. The number of rotatable bonds is 2. The molecule has 2 rings (SSSR count). The Morgan fingerprint density at radius 3 is 2.84 bits per heavy atom. The minimum absolute atomic E-state index is 0.121. The van der Waals surface area contributed by atoms with Crippen molar-refractivity contribution in [3.8, 4) is 0 Å². The molecule has 0 bridgehead atoms. The van der Waals surface area contributed by atoms with E-state index in [0.717, 1.165) is 12.8 Å². The highest BCUT2D eigenvalue weighted by molar-refractivity contribution is 5.95. The van der Waals surface area contributed by atoms with Crippen LogP contribution in [0, 0.1) is 0 Å². The van der Waals surface area contributed by atoms with Crippen LogP contribution in [0.25, 0.3) is 0 Å². The lowest BCUT2D eigenvalue weighted by Crippen LogP contribution is -2.48. The van der Waals surface area contributed by atoms with Crippen molar-refractivity contribution in [3.63, 3.8) is 0 Å². The van der Waals surface area contributed by atoms with Crippen molar-refractivity contribution in [1.82, 2.24) is 15.1 Å². The summed E-state index contributed by atoms with van der Waals surface area (Å²) in [7, 11) is 1.30. The maximum Gasteiger partial charge on any atom is 0.328 e. The van der Waals surface area contributed by atoms with E-state index in [2.05, 4.69) is 10.2 Å². The molecule has 19 heavy (non-hydrogen) atoms. The molecule has 7 heteroatoms. The summed E-state index contributed by atoms with van der Waals surface area (Å²) in [5.41, 5.74) is -0.255. The fraction of sp³-hybridized carbons (Fsp3) is 0.500. The number of nitrogens with one attached hydrogen (secondary N) is 1. The average molecular weight is 265 g/mol. The number of piperidine rings is 1. The van der Waals surface area contributed by atoms with E-state index in [4.69, 9.17) is 4.74 Å². The minimum Gasteiger partial charge on any atom is -0.467 e. The first kappa shape index (κ1) is 13.3. The summed E-state index contributed by atoms with van der Waals surface area (Å²) >= 11 is 0. The van der Waals surface area contributed by atoms with Crippen LogP contribution in [0.2, 0.25) is 0 Å². The van der Waals surface area contributed by atoms with Crippen molar-refractivity contribution in [2.75, 3.05) is 13.7 Å². The van der Waals surface area contributed by atoms with Gasteiger partial charge in [-0.2, -0.15) is 5.10 Å². The third-order valence-corrected chi connectivity index (χ3v) is 3.14. The van der Waals surface area contributed by atoms with Crippen molar-refractivity contribution in [1.29, 1.82) is 0 Å². The molecule has 0 spiro atoms. The quantitative estimate of drug-likeness (QED) is 0.756.